The molecule has 1 heterocycles. The van der Waals surface area contributed by atoms with E-state index in [0.29, 0.717) is 56.4 Å². The summed E-state index contributed by atoms with van der Waals surface area (Å²) < 4.78 is 27.6. The van der Waals surface area contributed by atoms with Gasteiger partial charge in [-0.15, -0.1) is 0 Å². The van der Waals surface area contributed by atoms with Crippen molar-refractivity contribution in [2.24, 2.45) is 11.8 Å². The van der Waals surface area contributed by atoms with Crippen molar-refractivity contribution < 1.29 is 33.3 Å². The van der Waals surface area contributed by atoms with Gasteiger partial charge in [-0.25, -0.2) is 4.79 Å². The minimum absolute atomic E-state index is 0.00515. The van der Waals surface area contributed by atoms with Gasteiger partial charge in [0.2, 0.25) is 0 Å². The second kappa shape index (κ2) is 15.6. The fraction of sp³-hybridized carbons (Fsp3) is 0.742. The highest BCUT2D eigenvalue weighted by Gasteiger charge is 2.39. The van der Waals surface area contributed by atoms with Crippen LogP contribution in [0.5, 0.6) is 11.5 Å². The average molecular weight is 578 g/mol. The summed E-state index contributed by atoms with van der Waals surface area (Å²) in [5.41, 5.74) is 0.226. The first-order valence-electron chi connectivity index (χ1n) is 14.9. The smallest absolute Gasteiger partial charge is 0.410 e. The third kappa shape index (κ3) is 9.75. The molecule has 10 nitrogen and oxygen atoms in total. The topological polar surface area (TPSA) is 98.8 Å². The number of carbonyl (C=O) groups excluding carboxylic acids is 2. The lowest BCUT2D eigenvalue weighted by molar-refractivity contribution is -0.00413. The second-order valence-electron chi connectivity index (χ2n) is 12.0. The van der Waals surface area contributed by atoms with Crippen molar-refractivity contribution in [2.75, 3.05) is 67.3 Å². The third-order valence-corrected chi connectivity index (χ3v) is 8.09. The van der Waals surface area contributed by atoms with E-state index in [4.69, 9.17) is 23.7 Å². The van der Waals surface area contributed by atoms with Crippen molar-refractivity contribution >= 4 is 12.0 Å². The number of hydrogen-bond donors (Lipinski definition) is 1. The van der Waals surface area contributed by atoms with Gasteiger partial charge < -0.3 is 38.8 Å². The molecule has 2 atom stereocenters. The highest BCUT2D eigenvalue weighted by Crippen LogP contribution is 2.32. The molecule has 1 N–H and O–H groups in total. The zero-order valence-corrected chi connectivity index (χ0v) is 26.1. The van der Waals surface area contributed by atoms with Crippen molar-refractivity contribution in [1.82, 2.24) is 15.1 Å². The first-order chi connectivity index (χ1) is 19.6. The zero-order chi connectivity index (χ0) is 30.0. The lowest BCUT2D eigenvalue weighted by Gasteiger charge is -2.33. The number of hydrogen-bond acceptors (Lipinski definition) is 8. The predicted octanol–water partition coefficient (Wildman–Crippen LogP) is 4.21. The Labute approximate surface area is 246 Å². The third-order valence-electron chi connectivity index (χ3n) is 8.09. The molecule has 0 unspecified atom stereocenters. The van der Waals surface area contributed by atoms with Gasteiger partial charge >= 0.3 is 6.09 Å². The molecule has 0 aromatic heterocycles. The van der Waals surface area contributed by atoms with Crippen LogP contribution in [0, 0.1) is 11.8 Å². The van der Waals surface area contributed by atoms with E-state index in [1.807, 2.05) is 37.5 Å². The van der Waals surface area contributed by atoms with Crippen LogP contribution in [0.4, 0.5) is 4.79 Å². The van der Waals surface area contributed by atoms with Gasteiger partial charge in [0.15, 0.2) is 11.5 Å². The van der Waals surface area contributed by atoms with E-state index in [1.54, 1.807) is 39.5 Å². The molecule has 2 aliphatic rings. The number of nitrogens with zero attached hydrogens (tertiary/aromatic N) is 2. The number of carbonyl (C=O) groups is 2. The molecule has 0 bridgehead atoms. The van der Waals surface area contributed by atoms with Crippen LogP contribution in [-0.4, -0.2) is 107 Å². The summed E-state index contributed by atoms with van der Waals surface area (Å²) in [7, 11) is 4.92. The van der Waals surface area contributed by atoms with E-state index in [-0.39, 0.29) is 41.5 Å². The summed E-state index contributed by atoms with van der Waals surface area (Å²) in [6, 6.07) is 5.58. The number of ether oxygens (including phenoxy) is 5. The monoisotopic (exact) mass is 577 g/mol. The molecule has 1 aromatic carbocycles. The van der Waals surface area contributed by atoms with Crippen LogP contribution in [0.25, 0.3) is 0 Å². The van der Waals surface area contributed by atoms with E-state index in [0.717, 1.165) is 32.4 Å². The largest absolute Gasteiger partial charge is 0.493 e. The summed E-state index contributed by atoms with van der Waals surface area (Å²) in [6.07, 6.45) is 3.14. The Hall–Kier alpha value is -2.56. The van der Waals surface area contributed by atoms with Gasteiger partial charge in [0.25, 0.3) is 5.91 Å². The molecular formula is C31H51N3O7. The van der Waals surface area contributed by atoms with Gasteiger partial charge in [-0.2, -0.15) is 0 Å². The molecule has 1 aliphatic heterocycles. The van der Waals surface area contributed by atoms with Gasteiger partial charge in [-0.05, 0) is 70.6 Å². The molecule has 10 heteroatoms. The van der Waals surface area contributed by atoms with Crippen LogP contribution < -0.4 is 14.8 Å². The number of methoxy groups -OCH3 is 3. The van der Waals surface area contributed by atoms with Gasteiger partial charge in [0.05, 0.1) is 25.9 Å². The minimum Gasteiger partial charge on any atom is -0.493 e. The maximum Gasteiger partial charge on any atom is 0.410 e. The van der Waals surface area contributed by atoms with Crippen LogP contribution in [-0.2, 0) is 14.2 Å². The maximum atomic E-state index is 13.8. The Morgan fingerprint density at radius 3 is 2.32 bits per heavy atom. The fourth-order valence-electron chi connectivity index (χ4n) is 5.05. The fourth-order valence-corrected chi connectivity index (χ4v) is 5.05. The number of nitrogens with one attached hydrogen (secondary N) is 1. The van der Waals surface area contributed by atoms with Crippen LogP contribution in [0.15, 0.2) is 18.2 Å². The molecule has 0 spiro atoms. The van der Waals surface area contributed by atoms with E-state index < -0.39 is 0 Å². The normalized spacial score (nSPS) is 18.8. The summed E-state index contributed by atoms with van der Waals surface area (Å²) in [4.78, 5) is 30.7. The standard InChI is InChI=1S/C31H51N3O7/c1-22(2)33(29(35)23-9-12-27(38-6)28(17-23)40-15-8-14-37-5)20-24-18-32-19-25(24)21-34(26-10-11-26)30(36)41-16-13-31(3,4)39-7/h9,12,17,22,24-26,32H,8,10-11,13-16,18-21H2,1-7H3/t24-,25-/m0/s1. The summed E-state index contributed by atoms with van der Waals surface area (Å²) in [5, 5.41) is 3.50. The quantitative estimate of drug-likeness (QED) is 0.275. The van der Waals surface area contributed by atoms with Crippen molar-refractivity contribution in [3.63, 3.8) is 0 Å². The molecule has 2 amide bonds. The average Bonchev–Trinajstić information content (AvgIpc) is 3.70. The molecule has 1 saturated heterocycles. The zero-order valence-electron chi connectivity index (χ0n) is 26.1. The van der Waals surface area contributed by atoms with Gasteiger partial charge in [-0.1, -0.05) is 0 Å². The highest BCUT2D eigenvalue weighted by molar-refractivity contribution is 5.95. The van der Waals surface area contributed by atoms with Gasteiger partial charge in [0, 0.05) is 77.5 Å². The van der Waals surface area contributed by atoms with Crippen LogP contribution in [0.1, 0.15) is 63.7 Å². The van der Waals surface area contributed by atoms with Crippen molar-refractivity contribution in [2.45, 2.75) is 71.1 Å². The molecule has 1 aliphatic carbocycles. The summed E-state index contributed by atoms with van der Waals surface area (Å²) in [6.45, 7) is 12.3. The molecule has 3 rings (SSSR count). The Morgan fingerprint density at radius 1 is 1.00 bits per heavy atom. The lowest BCUT2D eigenvalue weighted by atomic mass is 9.94. The number of amides is 2. The molecular weight excluding hydrogens is 526 g/mol. The molecule has 1 aromatic rings. The number of benzene rings is 1. The molecule has 2 fully saturated rings. The summed E-state index contributed by atoms with van der Waals surface area (Å²) >= 11 is 0. The molecule has 1 saturated carbocycles. The Balaban J connectivity index is 1.65. The van der Waals surface area contributed by atoms with Crippen LogP contribution in [0.3, 0.4) is 0 Å². The van der Waals surface area contributed by atoms with Crippen molar-refractivity contribution in [3.05, 3.63) is 23.8 Å². The number of rotatable bonds is 17. The van der Waals surface area contributed by atoms with Crippen LogP contribution >= 0.6 is 0 Å². The Morgan fingerprint density at radius 2 is 1.71 bits per heavy atom. The van der Waals surface area contributed by atoms with Gasteiger partial charge in [-0.3, -0.25) is 4.79 Å². The van der Waals surface area contributed by atoms with Crippen molar-refractivity contribution in [1.29, 1.82) is 0 Å². The van der Waals surface area contributed by atoms with E-state index in [2.05, 4.69) is 5.32 Å². The van der Waals surface area contributed by atoms with Crippen LogP contribution in [0.2, 0.25) is 0 Å². The summed E-state index contributed by atoms with van der Waals surface area (Å²) in [5.74, 6) is 1.53. The minimum atomic E-state index is -0.335. The predicted molar refractivity (Wildman–Crippen MR) is 158 cm³/mol. The first kappa shape index (κ1) is 32.9. The molecule has 0 radical (unpaired) electrons. The van der Waals surface area contributed by atoms with E-state index in [1.165, 1.54) is 0 Å². The second-order valence-corrected chi connectivity index (χ2v) is 12.0. The maximum absolute atomic E-state index is 13.8. The highest BCUT2D eigenvalue weighted by atomic mass is 16.6. The van der Waals surface area contributed by atoms with E-state index in [9.17, 15) is 9.59 Å². The molecule has 232 valence electrons. The Bertz CT molecular complexity index is 982. The van der Waals surface area contributed by atoms with E-state index >= 15 is 0 Å². The van der Waals surface area contributed by atoms with Crippen molar-refractivity contribution in [3.8, 4) is 11.5 Å². The van der Waals surface area contributed by atoms with Gasteiger partial charge in [0.1, 0.15) is 0 Å². The Kier molecular flexibility index (Phi) is 12.5. The first-order valence-corrected chi connectivity index (χ1v) is 14.9. The molecule has 41 heavy (non-hydrogen) atoms. The lowest BCUT2D eigenvalue weighted by Crippen LogP contribution is -2.45. The SMILES string of the molecule is COCCCOc1cc(C(=O)N(C[C@@H]2CNC[C@H]2CN(C(=O)OCCC(C)(C)OC)C2CC2)C(C)C)ccc1OC.